The van der Waals surface area contributed by atoms with E-state index in [1.807, 2.05) is 0 Å². The quantitative estimate of drug-likeness (QED) is 0.867. The summed E-state index contributed by atoms with van der Waals surface area (Å²) in [7, 11) is -2.29. The van der Waals surface area contributed by atoms with Gasteiger partial charge in [-0.05, 0) is 29.8 Å². The SMILES string of the molecule is CN(CC(=O)NCc1ccc(Cl)cc1)S(=O)(=O)c1ccccc1. The zero-order valence-electron chi connectivity index (χ0n) is 12.6. The number of hydrogen-bond acceptors (Lipinski definition) is 3. The van der Waals surface area contributed by atoms with Crippen molar-refractivity contribution < 1.29 is 13.2 Å². The normalized spacial score (nSPS) is 11.4. The molecule has 0 unspecified atom stereocenters. The molecule has 0 atom stereocenters. The second-order valence-corrected chi connectivity index (χ2v) is 7.46. The Hall–Kier alpha value is -1.89. The van der Waals surface area contributed by atoms with E-state index in [1.54, 1.807) is 42.5 Å². The van der Waals surface area contributed by atoms with Gasteiger partial charge in [-0.25, -0.2) is 8.42 Å². The van der Waals surface area contributed by atoms with E-state index in [2.05, 4.69) is 5.32 Å². The molecule has 23 heavy (non-hydrogen) atoms. The first kappa shape index (κ1) is 17.5. The molecule has 2 aromatic rings. The molecule has 1 N–H and O–H groups in total. The summed E-state index contributed by atoms with van der Waals surface area (Å²) in [6, 6.07) is 15.1. The number of hydrogen-bond donors (Lipinski definition) is 1. The lowest BCUT2D eigenvalue weighted by Crippen LogP contribution is -2.38. The summed E-state index contributed by atoms with van der Waals surface area (Å²) in [4.78, 5) is 12.1. The molecular weight excluding hydrogens is 336 g/mol. The standard InChI is InChI=1S/C16H17ClN2O3S/c1-19(23(21,22)15-5-3-2-4-6-15)12-16(20)18-11-13-7-9-14(17)10-8-13/h2-10H,11-12H2,1H3,(H,18,20). The summed E-state index contributed by atoms with van der Waals surface area (Å²) in [5.41, 5.74) is 0.885. The van der Waals surface area contributed by atoms with Crippen LogP contribution in [0.15, 0.2) is 59.5 Å². The maximum Gasteiger partial charge on any atom is 0.243 e. The number of nitrogens with one attached hydrogen (secondary N) is 1. The smallest absolute Gasteiger partial charge is 0.243 e. The van der Waals surface area contributed by atoms with Gasteiger partial charge in [0, 0.05) is 18.6 Å². The number of sulfonamides is 1. The zero-order valence-corrected chi connectivity index (χ0v) is 14.1. The number of carbonyl (C=O) groups is 1. The highest BCUT2D eigenvalue weighted by Crippen LogP contribution is 2.13. The molecule has 0 radical (unpaired) electrons. The van der Waals surface area contributed by atoms with Crippen LogP contribution in [0.1, 0.15) is 5.56 Å². The summed E-state index contributed by atoms with van der Waals surface area (Å²) in [5.74, 6) is -0.373. The largest absolute Gasteiger partial charge is 0.351 e. The molecule has 5 nitrogen and oxygen atoms in total. The molecule has 0 bridgehead atoms. The monoisotopic (exact) mass is 352 g/mol. The van der Waals surface area contributed by atoms with Crippen molar-refractivity contribution in [3.63, 3.8) is 0 Å². The first-order chi connectivity index (χ1) is 10.9. The Kier molecular flexibility index (Phi) is 5.76. The number of carbonyl (C=O) groups excluding carboxylic acids is 1. The third-order valence-corrected chi connectivity index (χ3v) is 5.29. The Labute approximate surface area is 140 Å². The van der Waals surface area contributed by atoms with Crippen molar-refractivity contribution in [1.82, 2.24) is 9.62 Å². The average Bonchev–Trinajstić information content (AvgIpc) is 2.55. The van der Waals surface area contributed by atoms with Crippen molar-refractivity contribution in [2.75, 3.05) is 13.6 Å². The highest BCUT2D eigenvalue weighted by molar-refractivity contribution is 7.89. The van der Waals surface area contributed by atoms with Crippen LogP contribution in [0.25, 0.3) is 0 Å². The predicted octanol–water partition coefficient (Wildman–Crippen LogP) is 2.28. The van der Waals surface area contributed by atoms with Gasteiger partial charge >= 0.3 is 0 Å². The summed E-state index contributed by atoms with van der Waals surface area (Å²) in [6.45, 7) is 0.0695. The number of likely N-dealkylation sites (N-methyl/N-ethyl adjacent to an activating group) is 1. The van der Waals surface area contributed by atoms with Gasteiger partial charge in [-0.2, -0.15) is 4.31 Å². The van der Waals surface area contributed by atoms with Crippen molar-refractivity contribution in [3.05, 3.63) is 65.2 Å². The fourth-order valence-corrected chi connectivity index (χ4v) is 3.19. The molecule has 0 heterocycles. The van der Waals surface area contributed by atoms with E-state index in [0.29, 0.717) is 11.6 Å². The highest BCUT2D eigenvalue weighted by Gasteiger charge is 2.22. The molecule has 0 aliphatic rings. The second-order valence-electron chi connectivity index (χ2n) is 4.98. The van der Waals surface area contributed by atoms with E-state index >= 15 is 0 Å². The lowest BCUT2D eigenvalue weighted by Gasteiger charge is -2.16. The first-order valence-electron chi connectivity index (χ1n) is 6.92. The lowest BCUT2D eigenvalue weighted by atomic mass is 10.2. The van der Waals surface area contributed by atoms with Gasteiger partial charge in [-0.3, -0.25) is 4.79 Å². The molecule has 0 aromatic heterocycles. The number of halogens is 1. The Balaban J connectivity index is 1.93. The van der Waals surface area contributed by atoms with Gasteiger partial charge in [0.05, 0.1) is 11.4 Å². The van der Waals surface area contributed by atoms with E-state index in [1.165, 1.54) is 19.2 Å². The lowest BCUT2D eigenvalue weighted by molar-refractivity contribution is -0.121. The van der Waals surface area contributed by atoms with E-state index in [0.717, 1.165) is 9.87 Å². The summed E-state index contributed by atoms with van der Waals surface area (Å²) < 4.78 is 25.6. The second kappa shape index (κ2) is 7.59. The van der Waals surface area contributed by atoms with Crippen LogP contribution in [0.3, 0.4) is 0 Å². The molecule has 0 saturated heterocycles. The molecule has 122 valence electrons. The molecular formula is C16H17ClN2O3S. The van der Waals surface area contributed by atoms with Gasteiger partial charge in [0.25, 0.3) is 0 Å². The van der Waals surface area contributed by atoms with Gasteiger partial charge < -0.3 is 5.32 Å². The van der Waals surface area contributed by atoms with Crippen molar-refractivity contribution in [3.8, 4) is 0 Å². The van der Waals surface area contributed by atoms with Crippen LogP contribution in [-0.2, 0) is 21.4 Å². The minimum atomic E-state index is -3.67. The summed E-state index contributed by atoms with van der Waals surface area (Å²) in [6.07, 6.45) is 0. The molecule has 2 aromatic carbocycles. The van der Waals surface area contributed by atoms with E-state index in [-0.39, 0.29) is 17.3 Å². The van der Waals surface area contributed by atoms with Crippen molar-refractivity contribution in [2.24, 2.45) is 0 Å². The topological polar surface area (TPSA) is 66.5 Å². The molecule has 0 saturated carbocycles. The van der Waals surface area contributed by atoms with Crippen LogP contribution in [0.4, 0.5) is 0 Å². The molecule has 1 amide bonds. The predicted molar refractivity (Wildman–Crippen MR) is 89.6 cm³/mol. The number of rotatable bonds is 6. The van der Waals surface area contributed by atoms with Crippen LogP contribution in [0.2, 0.25) is 5.02 Å². The first-order valence-corrected chi connectivity index (χ1v) is 8.74. The van der Waals surface area contributed by atoms with E-state index in [9.17, 15) is 13.2 Å². The Morgan fingerprint density at radius 3 is 2.30 bits per heavy atom. The van der Waals surface area contributed by atoms with Gasteiger partial charge in [0.15, 0.2) is 0 Å². The van der Waals surface area contributed by atoms with Crippen molar-refractivity contribution >= 4 is 27.5 Å². The molecule has 0 spiro atoms. The van der Waals surface area contributed by atoms with E-state index in [4.69, 9.17) is 11.6 Å². The average molecular weight is 353 g/mol. The van der Waals surface area contributed by atoms with E-state index < -0.39 is 10.0 Å². The Morgan fingerprint density at radius 1 is 1.09 bits per heavy atom. The van der Waals surface area contributed by atoms with Gasteiger partial charge in [-0.15, -0.1) is 0 Å². The molecule has 2 rings (SSSR count). The molecule has 7 heteroatoms. The van der Waals surface area contributed by atoms with Gasteiger partial charge in [0.2, 0.25) is 15.9 Å². The number of benzene rings is 2. The number of nitrogens with zero attached hydrogens (tertiary/aromatic N) is 1. The third kappa shape index (κ3) is 4.79. The highest BCUT2D eigenvalue weighted by atomic mass is 35.5. The number of amides is 1. The van der Waals surface area contributed by atoms with Crippen molar-refractivity contribution in [2.45, 2.75) is 11.4 Å². The maximum atomic E-state index is 12.3. The molecule has 0 fully saturated rings. The summed E-state index contributed by atoms with van der Waals surface area (Å²) in [5, 5.41) is 3.30. The summed E-state index contributed by atoms with van der Waals surface area (Å²) >= 11 is 5.79. The molecule has 0 aliphatic heterocycles. The minimum absolute atomic E-state index is 0.160. The Morgan fingerprint density at radius 2 is 1.70 bits per heavy atom. The fraction of sp³-hybridized carbons (Fsp3) is 0.188. The fourth-order valence-electron chi connectivity index (χ4n) is 1.92. The third-order valence-electron chi connectivity index (χ3n) is 3.22. The van der Waals surface area contributed by atoms with Crippen LogP contribution >= 0.6 is 11.6 Å². The minimum Gasteiger partial charge on any atom is -0.351 e. The Bertz CT molecular complexity index is 762. The maximum absolute atomic E-state index is 12.3. The van der Waals surface area contributed by atoms with Gasteiger partial charge in [0.1, 0.15) is 0 Å². The van der Waals surface area contributed by atoms with Gasteiger partial charge in [-0.1, -0.05) is 41.9 Å². The van der Waals surface area contributed by atoms with Crippen LogP contribution in [0, 0.1) is 0 Å². The van der Waals surface area contributed by atoms with Crippen LogP contribution < -0.4 is 5.32 Å². The zero-order chi connectivity index (χ0) is 16.9. The van der Waals surface area contributed by atoms with Crippen LogP contribution in [-0.4, -0.2) is 32.2 Å². The van der Waals surface area contributed by atoms with Crippen molar-refractivity contribution in [1.29, 1.82) is 0 Å². The molecule has 0 aliphatic carbocycles. The van der Waals surface area contributed by atoms with Crippen LogP contribution in [0.5, 0.6) is 0 Å².